The average Bonchev–Trinajstić information content (AvgIpc) is 2.47. The number of amides is 1. The van der Waals surface area contributed by atoms with Crippen molar-refractivity contribution in [3.8, 4) is 0 Å². The summed E-state index contributed by atoms with van der Waals surface area (Å²) in [6.07, 6.45) is 2.14. The molecule has 0 radical (unpaired) electrons. The Kier molecular flexibility index (Phi) is 7.59. The van der Waals surface area contributed by atoms with Gasteiger partial charge in [0, 0.05) is 13.1 Å². The highest BCUT2D eigenvalue weighted by Gasteiger charge is 2.22. The van der Waals surface area contributed by atoms with Crippen LogP contribution in [-0.4, -0.2) is 43.6 Å². The maximum atomic E-state index is 11.7. The van der Waals surface area contributed by atoms with Gasteiger partial charge in [-0.05, 0) is 25.5 Å². The minimum absolute atomic E-state index is 0. The molecule has 1 saturated heterocycles. The number of hydrogen-bond donors (Lipinski definition) is 1. The van der Waals surface area contributed by atoms with Crippen LogP contribution < -0.4 is 5.32 Å². The lowest BCUT2D eigenvalue weighted by molar-refractivity contribution is -0.132. The molecule has 1 amide bonds. The Hall–Kier alpha value is -1.10. The molecular weight excluding hydrogens is 276 g/mol. The third-order valence-corrected chi connectivity index (χ3v) is 3.45. The van der Waals surface area contributed by atoms with E-state index in [0.717, 1.165) is 25.9 Å². The summed E-state index contributed by atoms with van der Waals surface area (Å²) in [7, 11) is 1.80. The summed E-state index contributed by atoms with van der Waals surface area (Å²) in [4.78, 5) is 13.6. The van der Waals surface area contributed by atoms with Crippen LogP contribution in [0.4, 0.5) is 0 Å². The van der Waals surface area contributed by atoms with Crippen molar-refractivity contribution in [1.29, 1.82) is 0 Å². The summed E-state index contributed by atoms with van der Waals surface area (Å²) < 4.78 is 5.90. The van der Waals surface area contributed by atoms with Crippen molar-refractivity contribution in [1.82, 2.24) is 10.2 Å². The number of nitrogens with zero attached hydrogens (tertiary/aromatic N) is 1. The van der Waals surface area contributed by atoms with E-state index in [-0.39, 0.29) is 24.4 Å². The highest BCUT2D eigenvalue weighted by Crippen LogP contribution is 2.15. The number of carbonyl (C=O) groups excluding carboxylic acids is 1. The zero-order chi connectivity index (χ0) is 13.5. The van der Waals surface area contributed by atoms with E-state index < -0.39 is 0 Å². The molecule has 1 aliphatic rings. The number of halogens is 1. The van der Waals surface area contributed by atoms with Crippen LogP contribution >= 0.6 is 12.4 Å². The van der Waals surface area contributed by atoms with Crippen LogP contribution in [0.3, 0.4) is 0 Å². The lowest BCUT2D eigenvalue weighted by Crippen LogP contribution is -2.44. The van der Waals surface area contributed by atoms with E-state index in [4.69, 9.17) is 4.74 Å². The molecule has 0 bridgehead atoms. The van der Waals surface area contributed by atoms with Crippen LogP contribution in [0.2, 0.25) is 0 Å². The van der Waals surface area contributed by atoms with Crippen molar-refractivity contribution >= 4 is 18.3 Å². The van der Waals surface area contributed by atoms with Crippen molar-refractivity contribution in [2.24, 2.45) is 0 Å². The Labute approximate surface area is 126 Å². The predicted molar refractivity (Wildman–Crippen MR) is 82.0 cm³/mol. The fraction of sp³-hybridized carbons (Fsp3) is 0.533. The fourth-order valence-corrected chi connectivity index (χ4v) is 2.32. The number of piperidine rings is 1. The fourth-order valence-electron chi connectivity index (χ4n) is 2.32. The Morgan fingerprint density at radius 1 is 1.30 bits per heavy atom. The first-order valence-corrected chi connectivity index (χ1v) is 6.87. The Morgan fingerprint density at radius 2 is 1.95 bits per heavy atom. The summed E-state index contributed by atoms with van der Waals surface area (Å²) in [5.41, 5.74) is 1.20. The number of rotatable bonds is 5. The molecule has 1 aromatic carbocycles. The van der Waals surface area contributed by atoms with Crippen molar-refractivity contribution in [2.75, 3.05) is 26.7 Å². The normalized spacial score (nSPS) is 15.8. The number of likely N-dealkylation sites (tertiary alicyclic amines) is 1. The molecule has 0 saturated carbocycles. The number of nitrogens with one attached hydrogen (secondary N) is 1. The van der Waals surface area contributed by atoms with Crippen molar-refractivity contribution < 1.29 is 9.53 Å². The Bertz CT molecular complexity index is 392. The molecule has 1 fully saturated rings. The number of benzene rings is 1. The van der Waals surface area contributed by atoms with E-state index in [1.54, 1.807) is 7.05 Å². The summed E-state index contributed by atoms with van der Waals surface area (Å²) in [5, 5.41) is 2.90. The van der Waals surface area contributed by atoms with Crippen molar-refractivity contribution in [2.45, 2.75) is 25.6 Å². The number of hydrogen-bond acceptors (Lipinski definition) is 3. The molecule has 0 aromatic heterocycles. The van der Waals surface area contributed by atoms with Crippen LogP contribution in [0, 0.1) is 0 Å². The lowest BCUT2D eigenvalue weighted by atomic mass is 10.1. The summed E-state index contributed by atoms with van der Waals surface area (Å²) in [6.45, 7) is 2.70. The topological polar surface area (TPSA) is 41.6 Å². The van der Waals surface area contributed by atoms with E-state index in [1.165, 1.54) is 5.56 Å². The van der Waals surface area contributed by atoms with E-state index in [2.05, 4.69) is 17.4 Å². The largest absolute Gasteiger partial charge is 0.373 e. The first-order valence-electron chi connectivity index (χ1n) is 6.87. The summed E-state index contributed by atoms with van der Waals surface area (Å²) in [6, 6.07) is 10.2. The van der Waals surface area contributed by atoms with Crippen LogP contribution in [0.15, 0.2) is 30.3 Å². The van der Waals surface area contributed by atoms with Crippen molar-refractivity contribution in [3.63, 3.8) is 0 Å². The van der Waals surface area contributed by atoms with Crippen LogP contribution in [0.25, 0.3) is 0 Å². The third-order valence-electron chi connectivity index (χ3n) is 3.45. The molecule has 5 heteroatoms. The smallest absolute Gasteiger partial charge is 0.236 e. The first-order chi connectivity index (χ1) is 9.29. The molecule has 1 N–H and O–H groups in total. The van der Waals surface area contributed by atoms with Gasteiger partial charge in [-0.25, -0.2) is 0 Å². The second-order valence-corrected chi connectivity index (χ2v) is 4.91. The Morgan fingerprint density at radius 3 is 2.55 bits per heavy atom. The second-order valence-electron chi connectivity index (χ2n) is 4.91. The molecule has 20 heavy (non-hydrogen) atoms. The van der Waals surface area contributed by atoms with Crippen LogP contribution in [0.1, 0.15) is 18.4 Å². The summed E-state index contributed by atoms with van der Waals surface area (Å²) >= 11 is 0. The molecule has 0 unspecified atom stereocenters. The van der Waals surface area contributed by atoms with E-state index in [0.29, 0.717) is 13.2 Å². The predicted octanol–water partition coefficient (Wildman–Crippen LogP) is 1.84. The van der Waals surface area contributed by atoms with Gasteiger partial charge in [-0.15, -0.1) is 12.4 Å². The molecular formula is C15H23ClN2O2. The van der Waals surface area contributed by atoms with Crippen LogP contribution in [-0.2, 0) is 16.1 Å². The molecule has 112 valence electrons. The highest BCUT2D eigenvalue weighted by molar-refractivity contribution is 5.85. The first kappa shape index (κ1) is 17.0. The van der Waals surface area contributed by atoms with Gasteiger partial charge in [0.2, 0.25) is 5.91 Å². The van der Waals surface area contributed by atoms with Gasteiger partial charge < -0.3 is 15.0 Å². The third kappa shape index (κ3) is 5.12. The number of carbonyl (C=O) groups is 1. The Balaban J connectivity index is 0.00000200. The minimum Gasteiger partial charge on any atom is -0.373 e. The minimum atomic E-state index is 0. The highest BCUT2D eigenvalue weighted by atomic mass is 35.5. The number of ether oxygens (including phenoxy) is 1. The zero-order valence-electron chi connectivity index (χ0n) is 11.9. The molecule has 0 atom stereocenters. The van der Waals surface area contributed by atoms with Gasteiger partial charge in [-0.2, -0.15) is 0 Å². The van der Waals surface area contributed by atoms with Gasteiger partial charge in [0.1, 0.15) is 0 Å². The monoisotopic (exact) mass is 298 g/mol. The van der Waals surface area contributed by atoms with Crippen LogP contribution in [0.5, 0.6) is 0 Å². The van der Waals surface area contributed by atoms with E-state index in [1.807, 2.05) is 23.1 Å². The van der Waals surface area contributed by atoms with Gasteiger partial charge in [0.15, 0.2) is 0 Å². The molecule has 0 aliphatic carbocycles. The van der Waals surface area contributed by atoms with E-state index in [9.17, 15) is 4.79 Å². The maximum Gasteiger partial charge on any atom is 0.236 e. The second kappa shape index (κ2) is 8.95. The van der Waals surface area contributed by atoms with E-state index >= 15 is 0 Å². The SMILES string of the molecule is CNCC(=O)N1CCC(OCc2ccccc2)CC1.Cl. The van der Waals surface area contributed by atoms with Gasteiger partial charge in [-0.1, -0.05) is 30.3 Å². The molecule has 1 aliphatic heterocycles. The van der Waals surface area contributed by atoms with Crippen molar-refractivity contribution in [3.05, 3.63) is 35.9 Å². The van der Waals surface area contributed by atoms with Gasteiger partial charge in [-0.3, -0.25) is 4.79 Å². The van der Waals surface area contributed by atoms with Gasteiger partial charge in [0.25, 0.3) is 0 Å². The molecule has 0 spiro atoms. The molecule has 2 rings (SSSR count). The maximum absolute atomic E-state index is 11.7. The summed E-state index contributed by atoms with van der Waals surface area (Å²) in [5.74, 6) is 0.184. The average molecular weight is 299 g/mol. The zero-order valence-corrected chi connectivity index (χ0v) is 12.7. The van der Waals surface area contributed by atoms with Gasteiger partial charge in [0.05, 0.1) is 19.3 Å². The van der Waals surface area contributed by atoms with Gasteiger partial charge >= 0.3 is 0 Å². The standard InChI is InChI=1S/C15H22N2O2.ClH/c1-16-11-15(18)17-9-7-14(8-10-17)19-12-13-5-3-2-4-6-13;/h2-6,14,16H,7-12H2,1H3;1H. The number of likely N-dealkylation sites (N-methyl/N-ethyl adjacent to an activating group) is 1. The lowest BCUT2D eigenvalue weighted by Gasteiger charge is -2.32. The molecule has 4 nitrogen and oxygen atoms in total. The quantitative estimate of drug-likeness (QED) is 0.902. The molecule has 1 heterocycles. The molecule has 1 aromatic rings.